The Bertz CT molecular complexity index is 1010. The van der Waals surface area contributed by atoms with Crippen molar-refractivity contribution in [1.82, 2.24) is 10.2 Å². The first-order chi connectivity index (χ1) is 16.5. The fourth-order valence-corrected chi connectivity index (χ4v) is 5.98. The second-order valence-corrected chi connectivity index (χ2v) is 10.2. The van der Waals surface area contributed by atoms with Crippen LogP contribution in [0.2, 0.25) is 0 Å². The molecular weight excluding hydrogens is 452 g/mol. The molecule has 34 heavy (non-hydrogen) atoms. The zero-order valence-electron chi connectivity index (χ0n) is 19.2. The Hall–Kier alpha value is -3.00. The van der Waals surface area contributed by atoms with E-state index in [0.29, 0.717) is 18.3 Å². The largest absolute Gasteiger partial charge is 0.481 e. The van der Waals surface area contributed by atoms with Crippen LogP contribution in [0.4, 0.5) is 4.79 Å². The lowest BCUT2D eigenvalue weighted by atomic mass is 9.98. The number of carbonyl (C=O) groups excluding carboxylic acids is 2. The Morgan fingerprint density at radius 3 is 2.38 bits per heavy atom. The fourth-order valence-electron chi connectivity index (χ4n) is 4.89. The number of ether oxygens (including phenoxy) is 1. The van der Waals surface area contributed by atoms with Gasteiger partial charge >= 0.3 is 12.1 Å². The molecule has 4 rings (SSSR count). The van der Waals surface area contributed by atoms with Crippen LogP contribution >= 0.6 is 11.8 Å². The first kappa shape index (κ1) is 24.1. The summed E-state index contributed by atoms with van der Waals surface area (Å²) in [5, 5.41) is 12.2. The number of thioether (sulfide) groups is 1. The molecule has 2 aliphatic rings. The van der Waals surface area contributed by atoms with Gasteiger partial charge in [0.2, 0.25) is 5.91 Å². The standard InChI is InChI=1S/C26H30N2O5S/c1-2-34-17-8-7-13-28(15-17)25(31)23(14-24(29)30)27-26(32)33-16-22-20-11-5-3-9-18(20)19-10-4-6-12-21(19)22/h3-6,9-12,17,22-23H,2,7-8,13-16H2,1H3,(H,27,32)(H,29,30). The Kier molecular flexibility index (Phi) is 7.77. The number of alkyl carbamates (subject to hydrolysis) is 1. The number of piperidine rings is 1. The van der Waals surface area contributed by atoms with Crippen LogP contribution in [-0.4, -0.2) is 64.7 Å². The highest BCUT2D eigenvalue weighted by atomic mass is 32.2. The second-order valence-electron chi connectivity index (χ2n) is 8.62. The van der Waals surface area contributed by atoms with Crippen LogP contribution in [0.1, 0.15) is 43.2 Å². The summed E-state index contributed by atoms with van der Waals surface area (Å²) in [6.45, 7) is 3.33. The number of likely N-dealkylation sites (tertiary alicyclic amines) is 1. The molecule has 1 aliphatic carbocycles. The molecule has 2 amide bonds. The highest BCUT2D eigenvalue weighted by molar-refractivity contribution is 7.99. The maximum Gasteiger partial charge on any atom is 0.407 e. The molecule has 180 valence electrons. The lowest BCUT2D eigenvalue weighted by Crippen LogP contribution is -2.52. The van der Waals surface area contributed by atoms with Crippen LogP contribution in [0.15, 0.2) is 48.5 Å². The summed E-state index contributed by atoms with van der Waals surface area (Å²) < 4.78 is 5.53. The molecule has 1 saturated heterocycles. The number of hydrogen-bond acceptors (Lipinski definition) is 5. The highest BCUT2D eigenvalue weighted by Crippen LogP contribution is 2.44. The van der Waals surface area contributed by atoms with Crippen molar-refractivity contribution in [2.75, 3.05) is 25.4 Å². The summed E-state index contributed by atoms with van der Waals surface area (Å²) >= 11 is 1.80. The molecule has 2 unspecified atom stereocenters. The summed E-state index contributed by atoms with van der Waals surface area (Å²) in [6.07, 6.45) is 0.642. The van der Waals surface area contributed by atoms with E-state index in [1.807, 2.05) is 36.4 Å². The van der Waals surface area contributed by atoms with Crippen LogP contribution in [-0.2, 0) is 14.3 Å². The first-order valence-corrected chi connectivity index (χ1v) is 12.8. The Labute approximate surface area is 203 Å². The molecule has 2 aromatic rings. The molecule has 1 aliphatic heterocycles. The van der Waals surface area contributed by atoms with Gasteiger partial charge in [0.15, 0.2) is 0 Å². The maximum absolute atomic E-state index is 13.1. The van der Waals surface area contributed by atoms with Crippen molar-refractivity contribution in [3.8, 4) is 11.1 Å². The third-order valence-corrected chi connectivity index (χ3v) is 7.59. The fraction of sp³-hybridized carbons (Fsp3) is 0.423. The molecule has 0 saturated carbocycles. The quantitative estimate of drug-likeness (QED) is 0.588. The van der Waals surface area contributed by atoms with E-state index >= 15 is 0 Å². The van der Waals surface area contributed by atoms with E-state index in [-0.39, 0.29) is 18.4 Å². The number of rotatable bonds is 8. The van der Waals surface area contributed by atoms with Crippen LogP contribution < -0.4 is 5.32 Å². The van der Waals surface area contributed by atoms with Gasteiger partial charge in [-0.2, -0.15) is 11.8 Å². The molecule has 2 atom stereocenters. The minimum atomic E-state index is -1.15. The number of carboxylic acids is 1. The monoisotopic (exact) mass is 482 g/mol. The normalized spacial score (nSPS) is 18.0. The van der Waals surface area contributed by atoms with E-state index in [1.165, 1.54) is 0 Å². The predicted molar refractivity (Wildman–Crippen MR) is 132 cm³/mol. The number of benzene rings is 2. The lowest BCUT2D eigenvalue weighted by Gasteiger charge is -2.34. The van der Waals surface area contributed by atoms with Gasteiger partial charge in [-0.05, 0) is 40.8 Å². The van der Waals surface area contributed by atoms with Gasteiger partial charge in [-0.3, -0.25) is 9.59 Å². The number of amides is 2. The van der Waals surface area contributed by atoms with Gasteiger partial charge < -0.3 is 20.1 Å². The molecule has 2 N–H and O–H groups in total. The van der Waals surface area contributed by atoms with Gasteiger partial charge in [0.25, 0.3) is 0 Å². The number of nitrogens with zero attached hydrogens (tertiary/aromatic N) is 1. The van der Waals surface area contributed by atoms with E-state index in [1.54, 1.807) is 16.7 Å². The van der Waals surface area contributed by atoms with Crippen LogP contribution in [0.5, 0.6) is 0 Å². The van der Waals surface area contributed by atoms with E-state index < -0.39 is 24.5 Å². The third-order valence-electron chi connectivity index (χ3n) is 6.40. The van der Waals surface area contributed by atoms with Crippen LogP contribution in [0.25, 0.3) is 11.1 Å². The van der Waals surface area contributed by atoms with E-state index in [2.05, 4.69) is 24.4 Å². The molecule has 8 heteroatoms. The summed E-state index contributed by atoms with van der Waals surface area (Å²) in [5.74, 6) is -0.657. The number of nitrogens with one attached hydrogen (secondary N) is 1. The van der Waals surface area contributed by atoms with E-state index in [4.69, 9.17) is 4.74 Å². The van der Waals surface area contributed by atoms with E-state index in [0.717, 1.165) is 40.8 Å². The molecule has 0 radical (unpaired) electrons. The smallest absolute Gasteiger partial charge is 0.407 e. The summed E-state index contributed by atoms with van der Waals surface area (Å²) in [7, 11) is 0. The Morgan fingerprint density at radius 1 is 1.12 bits per heavy atom. The number of aliphatic carboxylic acids is 1. The van der Waals surface area contributed by atoms with Crippen LogP contribution in [0, 0.1) is 0 Å². The minimum Gasteiger partial charge on any atom is -0.481 e. The van der Waals surface area contributed by atoms with Crippen molar-refractivity contribution in [3.63, 3.8) is 0 Å². The molecule has 0 bridgehead atoms. The predicted octanol–water partition coefficient (Wildman–Crippen LogP) is 4.11. The molecule has 1 heterocycles. The molecule has 0 spiro atoms. The van der Waals surface area contributed by atoms with Gasteiger partial charge in [0.05, 0.1) is 6.42 Å². The van der Waals surface area contributed by atoms with Crippen molar-refractivity contribution in [1.29, 1.82) is 0 Å². The topological polar surface area (TPSA) is 95.9 Å². The molecule has 1 fully saturated rings. The summed E-state index contributed by atoms with van der Waals surface area (Å²) in [6, 6.07) is 14.9. The van der Waals surface area contributed by atoms with Gasteiger partial charge in [0, 0.05) is 24.3 Å². The Balaban J connectivity index is 1.41. The van der Waals surface area contributed by atoms with Crippen molar-refractivity contribution < 1.29 is 24.2 Å². The lowest BCUT2D eigenvalue weighted by molar-refractivity contribution is -0.142. The summed E-state index contributed by atoms with van der Waals surface area (Å²) in [4.78, 5) is 38.9. The maximum atomic E-state index is 13.1. The third kappa shape index (κ3) is 5.38. The van der Waals surface area contributed by atoms with Crippen molar-refractivity contribution in [2.24, 2.45) is 0 Å². The van der Waals surface area contributed by atoms with Crippen molar-refractivity contribution >= 4 is 29.7 Å². The zero-order valence-corrected chi connectivity index (χ0v) is 20.1. The molecular formula is C26H30N2O5S. The molecule has 7 nitrogen and oxygen atoms in total. The van der Waals surface area contributed by atoms with Gasteiger partial charge in [-0.25, -0.2) is 4.79 Å². The highest BCUT2D eigenvalue weighted by Gasteiger charge is 2.33. The number of hydrogen-bond donors (Lipinski definition) is 2. The van der Waals surface area contributed by atoms with Crippen molar-refractivity contribution in [3.05, 3.63) is 59.7 Å². The van der Waals surface area contributed by atoms with Crippen molar-refractivity contribution in [2.45, 2.75) is 43.4 Å². The SMILES string of the molecule is CCSC1CCCN(C(=O)C(CC(=O)O)NC(=O)OCC2c3ccccc3-c3ccccc32)C1. The second kappa shape index (κ2) is 11.0. The minimum absolute atomic E-state index is 0.104. The van der Waals surface area contributed by atoms with Gasteiger partial charge in [-0.15, -0.1) is 0 Å². The number of fused-ring (bicyclic) bond motifs is 3. The Morgan fingerprint density at radius 2 is 1.76 bits per heavy atom. The van der Waals surface area contributed by atoms with Gasteiger partial charge in [-0.1, -0.05) is 55.5 Å². The van der Waals surface area contributed by atoms with Gasteiger partial charge in [0.1, 0.15) is 12.6 Å². The number of carbonyl (C=O) groups is 3. The average Bonchev–Trinajstić information content (AvgIpc) is 3.16. The summed E-state index contributed by atoms with van der Waals surface area (Å²) in [5.41, 5.74) is 4.41. The molecule has 0 aromatic heterocycles. The average molecular weight is 483 g/mol. The van der Waals surface area contributed by atoms with Crippen LogP contribution in [0.3, 0.4) is 0 Å². The first-order valence-electron chi connectivity index (χ1n) is 11.7. The number of carboxylic acid groups (broad SMARTS) is 1. The zero-order chi connectivity index (χ0) is 24.1. The molecule has 2 aromatic carbocycles. The van der Waals surface area contributed by atoms with E-state index in [9.17, 15) is 19.5 Å².